The van der Waals surface area contributed by atoms with Gasteiger partial charge < -0.3 is 5.73 Å². The van der Waals surface area contributed by atoms with Crippen LogP contribution in [0.4, 0.5) is 0 Å². The van der Waals surface area contributed by atoms with Gasteiger partial charge >= 0.3 is 5.76 Å². The molecule has 0 atom stereocenters. The smallest absolute Gasteiger partial charge is 0.319 e. The van der Waals surface area contributed by atoms with Gasteiger partial charge in [0.05, 0.1) is 5.54 Å². The molecule has 2 rings (SSSR count). The number of nitrogens with one attached hydrogen (secondary N) is 1. The highest BCUT2D eigenvalue weighted by Gasteiger charge is 2.32. The topological polar surface area (TPSA) is 84.9 Å². The zero-order valence-electron chi connectivity index (χ0n) is 8.08. The van der Waals surface area contributed by atoms with Crippen molar-refractivity contribution < 1.29 is 4.52 Å². The second-order valence-electron chi connectivity index (χ2n) is 4.01. The van der Waals surface area contributed by atoms with Crippen LogP contribution >= 0.6 is 0 Å². The normalized spacial score (nSPS) is 21.8. The van der Waals surface area contributed by atoms with E-state index in [1.807, 2.05) is 0 Å². The number of H-pyrrole nitrogens is 1. The van der Waals surface area contributed by atoms with Crippen LogP contribution in [0.15, 0.2) is 9.32 Å². The summed E-state index contributed by atoms with van der Waals surface area (Å²) < 4.78 is 4.48. The van der Waals surface area contributed by atoms with Gasteiger partial charge in [-0.1, -0.05) is 30.8 Å². The number of nitrogens with zero attached hydrogens (tertiary/aromatic N) is 1. The van der Waals surface area contributed by atoms with Gasteiger partial charge in [-0.05, 0) is 12.8 Å². The van der Waals surface area contributed by atoms with E-state index in [9.17, 15) is 4.79 Å². The lowest BCUT2D eigenvalue weighted by Crippen LogP contribution is -2.37. The van der Waals surface area contributed by atoms with Crippen LogP contribution in [0.5, 0.6) is 0 Å². The van der Waals surface area contributed by atoms with Crippen molar-refractivity contribution >= 4 is 0 Å². The Labute approximate surface area is 81.7 Å². The van der Waals surface area contributed by atoms with Crippen LogP contribution in [0.3, 0.4) is 0 Å². The van der Waals surface area contributed by atoms with E-state index in [0.29, 0.717) is 5.82 Å². The summed E-state index contributed by atoms with van der Waals surface area (Å²) in [6, 6.07) is 0. The molecular weight excluding hydrogens is 182 g/mol. The lowest BCUT2D eigenvalue weighted by molar-refractivity contribution is 0.326. The van der Waals surface area contributed by atoms with E-state index in [0.717, 1.165) is 25.7 Å². The first-order valence-electron chi connectivity index (χ1n) is 5.06. The second-order valence-corrected chi connectivity index (χ2v) is 4.01. The highest BCUT2D eigenvalue weighted by atomic mass is 16.5. The van der Waals surface area contributed by atoms with Crippen LogP contribution in [0, 0.1) is 0 Å². The fourth-order valence-electron chi connectivity index (χ4n) is 2.04. The quantitative estimate of drug-likeness (QED) is 0.654. The van der Waals surface area contributed by atoms with Gasteiger partial charge in [0.25, 0.3) is 0 Å². The number of aromatic nitrogens is 2. The average Bonchev–Trinajstić information content (AvgIpc) is 2.47. The first-order valence-corrected chi connectivity index (χ1v) is 5.06. The van der Waals surface area contributed by atoms with Gasteiger partial charge in [-0.2, -0.15) is 0 Å². The largest absolute Gasteiger partial charge is 0.438 e. The number of nitrogens with two attached hydrogens (primary N) is 1. The van der Waals surface area contributed by atoms with Crippen molar-refractivity contribution in [3.63, 3.8) is 0 Å². The van der Waals surface area contributed by atoms with Crippen LogP contribution in [0.2, 0.25) is 0 Å². The highest BCUT2D eigenvalue weighted by Crippen LogP contribution is 2.30. The number of aromatic amines is 1. The zero-order valence-corrected chi connectivity index (χ0v) is 8.08. The standard InChI is InChI=1S/C9H15N3O2/c10-9(5-3-1-2-4-6-9)7-11-8(13)14-12-7/h1-6,10H2,(H,11,12,13). The van der Waals surface area contributed by atoms with Gasteiger partial charge in [0.2, 0.25) is 0 Å². The van der Waals surface area contributed by atoms with E-state index in [1.54, 1.807) is 0 Å². The molecule has 1 aliphatic carbocycles. The lowest BCUT2D eigenvalue weighted by atomic mass is 9.91. The Morgan fingerprint density at radius 3 is 2.43 bits per heavy atom. The Hall–Kier alpha value is -1.10. The molecule has 1 saturated carbocycles. The van der Waals surface area contributed by atoms with Gasteiger partial charge in [0.15, 0.2) is 5.82 Å². The fraction of sp³-hybridized carbons (Fsp3) is 0.778. The zero-order chi connectivity index (χ0) is 10.0. The minimum atomic E-state index is -0.519. The second kappa shape index (κ2) is 3.57. The highest BCUT2D eigenvalue weighted by molar-refractivity contribution is 5.02. The molecule has 0 amide bonds. The van der Waals surface area contributed by atoms with E-state index in [4.69, 9.17) is 5.73 Å². The molecule has 1 aliphatic rings. The molecule has 0 spiro atoms. The summed E-state index contributed by atoms with van der Waals surface area (Å²) >= 11 is 0. The molecule has 0 radical (unpaired) electrons. The molecule has 5 heteroatoms. The molecule has 1 heterocycles. The van der Waals surface area contributed by atoms with Crippen LogP contribution < -0.4 is 11.5 Å². The van der Waals surface area contributed by atoms with E-state index in [1.165, 1.54) is 12.8 Å². The maximum atomic E-state index is 10.8. The van der Waals surface area contributed by atoms with E-state index < -0.39 is 11.3 Å². The van der Waals surface area contributed by atoms with E-state index >= 15 is 0 Å². The third-order valence-corrected chi connectivity index (χ3v) is 2.91. The monoisotopic (exact) mass is 197 g/mol. The van der Waals surface area contributed by atoms with E-state index in [2.05, 4.69) is 14.7 Å². The summed E-state index contributed by atoms with van der Waals surface area (Å²) in [6.45, 7) is 0. The summed E-state index contributed by atoms with van der Waals surface area (Å²) in [5.41, 5.74) is 5.72. The molecule has 1 aromatic rings. The molecular formula is C9H15N3O2. The minimum absolute atomic E-state index is 0.483. The Morgan fingerprint density at radius 1 is 1.29 bits per heavy atom. The molecule has 0 aliphatic heterocycles. The predicted molar refractivity (Wildman–Crippen MR) is 50.7 cm³/mol. The van der Waals surface area contributed by atoms with Gasteiger partial charge in [0, 0.05) is 0 Å². The van der Waals surface area contributed by atoms with Crippen molar-refractivity contribution in [2.45, 2.75) is 44.1 Å². The number of hydrogen-bond acceptors (Lipinski definition) is 4. The summed E-state index contributed by atoms with van der Waals surface area (Å²) in [4.78, 5) is 13.4. The van der Waals surface area contributed by atoms with Gasteiger partial charge in [0.1, 0.15) is 0 Å². The van der Waals surface area contributed by atoms with Crippen molar-refractivity contribution in [3.05, 3.63) is 16.4 Å². The lowest BCUT2D eigenvalue weighted by Gasteiger charge is -2.23. The number of hydrogen-bond donors (Lipinski definition) is 2. The molecule has 14 heavy (non-hydrogen) atoms. The summed E-state index contributed by atoms with van der Waals surface area (Å²) in [7, 11) is 0. The van der Waals surface area contributed by atoms with Crippen LogP contribution in [0.1, 0.15) is 44.3 Å². The van der Waals surface area contributed by atoms with E-state index in [-0.39, 0.29) is 0 Å². The van der Waals surface area contributed by atoms with Crippen molar-refractivity contribution in [2.24, 2.45) is 5.73 Å². The van der Waals surface area contributed by atoms with Gasteiger partial charge in [-0.15, -0.1) is 0 Å². The summed E-state index contributed by atoms with van der Waals surface area (Å²) in [6.07, 6.45) is 6.34. The average molecular weight is 197 g/mol. The van der Waals surface area contributed by atoms with Gasteiger partial charge in [-0.3, -0.25) is 9.51 Å². The van der Waals surface area contributed by atoms with Crippen molar-refractivity contribution in [3.8, 4) is 0 Å². The first-order chi connectivity index (χ1) is 6.71. The molecule has 3 N–H and O–H groups in total. The molecule has 5 nitrogen and oxygen atoms in total. The van der Waals surface area contributed by atoms with Gasteiger partial charge in [-0.25, -0.2) is 4.79 Å². The Bertz CT molecular complexity index is 347. The SMILES string of the molecule is NC1(c2noc(=O)[nH]2)CCCCCC1. The maximum absolute atomic E-state index is 10.8. The van der Waals surface area contributed by atoms with Crippen LogP contribution in [0.25, 0.3) is 0 Å². The molecule has 1 aromatic heterocycles. The molecule has 0 aromatic carbocycles. The third-order valence-electron chi connectivity index (χ3n) is 2.91. The summed E-state index contributed by atoms with van der Waals surface area (Å²) in [5.74, 6) is -0.0153. The van der Waals surface area contributed by atoms with Crippen LogP contribution in [-0.2, 0) is 5.54 Å². The maximum Gasteiger partial charge on any atom is 0.438 e. The molecule has 0 bridgehead atoms. The van der Waals surface area contributed by atoms with Crippen molar-refractivity contribution in [1.29, 1.82) is 0 Å². The third kappa shape index (κ3) is 1.72. The number of rotatable bonds is 1. The van der Waals surface area contributed by atoms with Crippen molar-refractivity contribution in [1.82, 2.24) is 10.1 Å². The molecule has 1 fully saturated rings. The molecule has 0 saturated heterocycles. The summed E-state index contributed by atoms with van der Waals surface area (Å²) in [5, 5.41) is 3.68. The van der Waals surface area contributed by atoms with Crippen molar-refractivity contribution in [2.75, 3.05) is 0 Å². The molecule has 78 valence electrons. The van der Waals surface area contributed by atoms with Crippen LogP contribution in [-0.4, -0.2) is 10.1 Å². The Kier molecular flexibility index (Phi) is 2.41. The Balaban J connectivity index is 2.25. The minimum Gasteiger partial charge on any atom is -0.319 e. The predicted octanol–water partition coefficient (Wildman–Crippen LogP) is 0.871. The Morgan fingerprint density at radius 2 is 1.93 bits per heavy atom. The first kappa shape index (κ1) is 9.45. The fourth-order valence-corrected chi connectivity index (χ4v) is 2.04. The molecule has 0 unspecified atom stereocenters.